The zero-order valence-electron chi connectivity index (χ0n) is 10.9. The minimum Gasteiger partial charge on any atom is -0.465 e. The smallest absolute Gasteiger partial charge is 0.339 e. The Kier molecular flexibility index (Phi) is 4.64. The van der Waals surface area contributed by atoms with Crippen LogP contribution in [0.3, 0.4) is 0 Å². The predicted molar refractivity (Wildman–Crippen MR) is 79.7 cm³/mol. The standard InChI is InChI=1S/C14H11BrO5S/c1-19-14(16)10-3-2-4-12(9-10)20-21(17,18)13-7-5-11(15)6-8-13/h2-9H,1H3. The summed E-state index contributed by atoms with van der Waals surface area (Å²) in [7, 11) is -2.71. The van der Waals surface area contributed by atoms with Gasteiger partial charge in [-0.2, -0.15) is 8.42 Å². The summed E-state index contributed by atoms with van der Waals surface area (Å²) in [6.45, 7) is 0. The van der Waals surface area contributed by atoms with Crippen molar-refractivity contribution >= 4 is 32.0 Å². The summed E-state index contributed by atoms with van der Waals surface area (Å²) in [5, 5.41) is 0. The minimum absolute atomic E-state index is 0.0224. The van der Waals surface area contributed by atoms with Gasteiger partial charge in [0.15, 0.2) is 0 Å². The molecule has 0 fully saturated rings. The van der Waals surface area contributed by atoms with E-state index in [0.717, 1.165) is 4.47 Å². The number of rotatable bonds is 4. The third-order valence-corrected chi connectivity index (χ3v) is 4.35. The molecule has 0 saturated carbocycles. The van der Waals surface area contributed by atoms with E-state index in [1.807, 2.05) is 0 Å². The van der Waals surface area contributed by atoms with E-state index in [-0.39, 0.29) is 16.2 Å². The molecule has 0 aliphatic carbocycles. The van der Waals surface area contributed by atoms with Gasteiger partial charge >= 0.3 is 16.1 Å². The zero-order chi connectivity index (χ0) is 15.5. The molecule has 0 atom stereocenters. The Bertz CT molecular complexity index is 753. The quantitative estimate of drug-likeness (QED) is 0.611. The summed E-state index contributed by atoms with van der Waals surface area (Å²) < 4.78 is 34.6. The van der Waals surface area contributed by atoms with Crippen molar-refractivity contribution in [2.45, 2.75) is 4.90 Å². The van der Waals surface area contributed by atoms with Crippen LogP contribution < -0.4 is 4.18 Å². The number of esters is 1. The van der Waals surface area contributed by atoms with Crippen LogP contribution in [0, 0.1) is 0 Å². The lowest BCUT2D eigenvalue weighted by molar-refractivity contribution is 0.0600. The highest BCUT2D eigenvalue weighted by Crippen LogP contribution is 2.21. The fourth-order valence-electron chi connectivity index (χ4n) is 1.57. The van der Waals surface area contributed by atoms with Crippen molar-refractivity contribution in [3.8, 4) is 5.75 Å². The number of carbonyl (C=O) groups is 1. The van der Waals surface area contributed by atoms with Gasteiger partial charge in [-0.25, -0.2) is 4.79 Å². The molecule has 0 aliphatic rings. The van der Waals surface area contributed by atoms with Crippen molar-refractivity contribution in [1.29, 1.82) is 0 Å². The maximum atomic E-state index is 12.1. The third kappa shape index (κ3) is 3.83. The van der Waals surface area contributed by atoms with E-state index in [9.17, 15) is 13.2 Å². The molecule has 0 bridgehead atoms. The Morgan fingerprint density at radius 1 is 1.10 bits per heavy atom. The van der Waals surface area contributed by atoms with Gasteiger partial charge in [0.05, 0.1) is 12.7 Å². The zero-order valence-corrected chi connectivity index (χ0v) is 13.3. The molecule has 0 N–H and O–H groups in total. The predicted octanol–water partition coefficient (Wildman–Crippen LogP) is 3.00. The van der Waals surface area contributed by atoms with Crippen molar-refractivity contribution in [2.24, 2.45) is 0 Å². The molecule has 0 amide bonds. The van der Waals surface area contributed by atoms with Crippen molar-refractivity contribution in [1.82, 2.24) is 0 Å². The molecule has 0 unspecified atom stereocenters. The molecule has 5 nitrogen and oxygen atoms in total. The van der Waals surface area contributed by atoms with E-state index >= 15 is 0 Å². The van der Waals surface area contributed by atoms with E-state index in [0.29, 0.717) is 0 Å². The first-order valence-electron chi connectivity index (χ1n) is 5.81. The Morgan fingerprint density at radius 2 is 1.76 bits per heavy atom. The lowest BCUT2D eigenvalue weighted by Crippen LogP contribution is -2.10. The molecule has 7 heteroatoms. The van der Waals surface area contributed by atoms with Crippen molar-refractivity contribution in [2.75, 3.05) is 7.11 Å². The van der Waals surface area contributed by atoms with Gasteiger partial charge in [-0.15, -0.1) is 0 Å². The van der Waals surface area contributed by atoms with Gasteiger partial charge in [-0.1, -0.05) is 22.0 Å². The van der Waals surface area contributed by atoms with Crippen LogP contribution in [0.1, 0.15) is 10.4 Å². The molecule has 0 aliphatic heterocycles. The second kappa shape index (κ2) is 6.28. The maximum absolute atomic E-state index is 12.1. The van der Waals surface area contributed by atoms with Crippen LogP contribution in [0.2, 0.25) is 0 Å². The molecule has 0 radical (unpaired) electrons. The van der Waals surface area contributed by atoms with Gasteiger partial charge in [0.2, 0.25) is 0 Å². The average Bonchev–Trinajstić information content (AvgIpc) is 2.46. The Balaban J connectivity index is 2.28. The summed E-state index contributed by atoms with van der Waals surface area (Å²) in [6, 6.07) is 11.8. The summed E-state index contributed by atoms with van der Waals surface area (Å²) in [6.07, 6.45) is 0. The number of methoxy groups -OCH3 is 1. The molecule has 2 aromatic rings. The van der Waals surface area contributed by atoms with Gasteiger partial charge in [-0.05, 0) is 42.5 Å². The molecule has 0 aromatic heterocycles. The molecule has 21 heavy (non-hydrogen) atoms. The van der Waals surface area contributed by atoms with Crippen LogP contribution in [0.4, 0.5) is 0 Å². The monoisotopic (exact) mass is 370 g/mol. The maximum Gasteiger partial charge on any atom is 0.339 e. The molecular formula is C14H11BrO5S. The van der Waals surface area contributed by atoms with E-state index in [2.05, 4.69) is 20.7 Å². The summed E-state index contributed by atoms with van der Waals surface area (Å²) in [5.74, 6) is -0.526. The SMILES string of the molecule is COC(=O)c1cccc(OS(=O)(=O)c2ccc(Br)cc2)c1. The molecule has 0 saturated heterocycles. The van der Waals surface area contributed by atoms with Gasteiger partial charge in [0.25, 0.3) is 0 Å². The average molecular weight is 371 g/mol. The summed E-state index contributed by atoms with van der Waals surface area (Å²) in [4.78, 5) is 11.4. The number of carbonyl (C=O) groups excluding carboxylic acids is 1. The molecule has 2 rings (SSSR count). The van der Waals surface area contributed by atoms with E-state index in [4.69, 9.17) is 4.18 Å². The first kappa shape index (κ1) is 15.5. The van der Waals surface area contributed by atoms with Crippen LogP contribution in [0.5, 0.6) is 5.75 Å². The number of hydrogen-bond donors (Lipinski definition) is 0. The van der Waals surface area contributed by atoms with Gasteiger partial charge in [0, 0.05) is 4.47 Å². The molecule has 110 valence electrons. The van der Waals surface area contributed by atoms with Crippen LogP contribution in [-0.2, 0) is 14.9 Å². The topological polar surface area (TPSA) is 69.7 Å². The Hall–Kier alpha value is -1.86. The second-order valence-electron chi connectivity index (χ2n) is 4.01. The van der Waals surface area contributed by atoms with Crippen molar-refractivity contribution < 1.29 is 22.1 Å². The highest BCUT2D eigenvalue weighted by Gasteiger charge is 2.17. The largest absolute Gasteiger partial charge is 0.465 e. The highest BCUT2D eigenvalue weighted by molar-refractivity contribution is 9.10. The summed E-state index contributed by atoms with van der Waals surface area (Å²) >= 11 is 3.23. The van der Waals surface area contributed by atoms with Crippen LogP contribution >= 0.6 is 15.9 Å². The molecular weight excluding hydrogens is 360 g/mol. The summed E-state index contributed by atoms with van der Waals surface area (Å²) in [5.41, 5.74) is 0.209. The van der Waals surface area contributed by atoms with E-state index < -0.39 is 16.1 Å². The van der Waals surface area contributed by atoms with Crippen LogP contribution in [-0.4, -0.2) is 21.5 Å². The second-order valence-corrected chi connectivity index (χ2v) is 6.47. The fraction of sp³-hybridized carbons (Fsp3) is 0.0714. The first-order chi connectivity index (χ1) is 9.92. The number of halogens is 1. The van der Waals surface area contributed by atoms with Crippen molar-refractivity contribution in [3.63, 3.8) is 0 Å². The lowest BCUT2D eigenvalue weighted by Gasteiger charge is -2.08. The van der Waals surface area contributed by atoms with Gasteiger partial charge in [0.1, 0.15) is 10.6 Å². The molecule has 2 aromatic carbocycles. The van der Waals surface area contributed by atoms with E-state index in [1.165, 1.54) is 43.5 Å². The first-order valence-corrected chi connectivity index (χ1v) is 8.01. The lowest BCUT2D eigenvalue weighted by atomic mass is 10.2. The number of benzene rings is 2. The molecule has 0 heterocycles. The fourth-order valence-corrected chi connectivity index (χ4v) is 2.76. The Labute approximate surface area is 130 Å². The van der Waals surface area contributed by atoms with Gasteiger partial charge in [-0.3, -0.25) is 0 Å². The normalized spacial score (nSPS) is 11.0. The Morgan fingerprint density at radius 3 is 2.38 bits per heavy atom. The van der Waals surface area contributed by atoms with Crippen molar-refractivity contribution in [3.05, 3.63) is 58.6 Å². The molecule has 0 spiro atoms. The van der Waals surface area contributed by atoms with Crippen LogP contribution in [0.25, 0.3) is 0 Å². The van der Waals surface area contributed by atoms with Crippen LogP contribution in [0.15, 0.2) is 57.9 Å². The van der Waals surface area contributed by atoms with E-state index in [1.54, 1.807) is 12.1 Å². The third-order valence-electron chi connectivity index (χ3n) is 2.56. The van der Waals surface area contributed by atoms with Gasteiger partial charge < -0.3 is 8.92 Å². The number of hydrogen-bond acceptors (Lipinski definition) is 5. The highest BCUT2D eigenvalue weighted by atomic mass is 79.9. The minimum atomic E-state index is -3.95. The number of ether oxygens (including phenoxy) is 1.